The van der Waals surface area contributed by atoms with E-state index in [9.17, 15) is 0 Å². The van der Waals surface area contributed by atoms with Crippen molar-refractivity contribution in [1.29, 1.82) is 0 Å². The van der Waals surface area contributed by atoms with Gasteiger partial charge < -0.3 is 5.32 Å². The van der Waals surface area contributed by atoms with Crippen LogP contribution < -0.4 is 5.32 Å². The van der Waals surface area contributed by atoms with Crippen molar-refractivity contribution in [3.8, 4) is 0 Å². The van der Waals surface area contributed by atoms with Crippen LogP contribution in [0.25, 0.3) is 0 Å². The minimum Gasteiger partial charge on any atom is -0.381 e. The lowest BCUT2D eigenvalue weighted by atomic mass is 10.0. The second-order valence-electron chi connectivity index (χ2n) is 5.69. The lowest BCUT2D eigenvalue weighted by Gasteiger charge is -2.40. The predicted molar refractivity (Wildman–Crippen MR) is 85.0 cm³/mol. The standard InChI is InChI=1S/C16H24N2S/c1-2-5-14(6-3-1)17-15-7-4-10-18(13-15)16-8-11-19-12-9-16/h1-3,5-6,15-17H,4,7-13H2/t15-/m1/s1. The zero-order valence-electron chi connectivity index (χ0n) is 11.6. The zero-order valence-corrected chi connectivity index (χ0v) is 12.4. The SMILES string of the molecule is c1ccc(N[C@@H]2CCCN(C3CCSCC3)C2)cc1. The Kier molecular flexibility index (Phi) is 4.67. The molecule has 1 aromatic rings. The summed E-state index contributed by atoms with van der Waals surface area (Å²) in [6, 6.07) is 12.1. The molecule has 0 saturated carbocycles. The summed E-state index contributed by atoms with van der Waals surface area (Å²) in [4.78, 5) is 2.74. The Balaban J connectivity index is 1.55. The highest BCUT2D eigenvalue weighted by molar-refractivity contribution is 7.99. The van der Waals surface area contributed by atoms with E-state index in [1.54, 1.807) is 0 Å². The molecule has 2 aliphatic heterocycles. The number of nitrogens with zero attached hydrogens (tertiary/aromatic N) is 1. The number of rotatable bonds is 3. The van der Waals surface area contributed by atoms with Gasteiger partial charge in [0.05, 0.1) is 0 Å². The predicted octanol–water partition coefficient (Wildman–Crippen LogP) is 3.46. The van der Waals surface area contributed by atoms with Crippen molar-refractivity contribution in [3.63, 3.8) is 0 Å². The van der Waals surface area contributed by atoms with Crippen molar-refractivity contribution < 1.29 is 0 Å². The van der Waals surface area contributed by atoms with Crippen molar-refractivity contribution in [2.75, 3.05) is 29.9 Å². The molecular formula is C16H24N2S. The lowest BCUT2D eigenvalue weighted by Crippen LogP contribution is -2.48. The summed E-state index contributed by atoms with van der Waals surface area (Å²) in [6.45, 7) is 2.53. The summed E-state index contributed by atoms with van der Waals surface area (Å²) in [7, 11) is 0. The molecule has 2 fully saturated rings. The molecule has 2 nitrogen and oxygen atoms in total. The molecule has 2 saturated heterocycles. The van der Waals surface area contributed by atoms with Gasteiger partial charge in [-0.1, -0.05) is 18.2 Å². The van der Waals surface area contributed by atoms with E-state index in [0.717, 1.165) is 6.04 Å². The third kappa shape index (κ3) is 3.67. The van der Waals surface area contributed by atoms with Crippen LogP contribution in [-0.4, -0.2) is 41.6 Å². The van der Waals surface area contributed by atoms with Gasteiger partial charge >= 0.3 is 0 Å². The molecule has 1 aromatic carbocycles. The number of anilines is 1. The van der Waals surface area contributed by atoms with Gasteiger partial charge in [0.15, 0.2) is 0 Å². The molecular weight excluding hydrogens is 252 g/mol. The smallest absolute Gasteiger partial charge is 0.0389 e. The van der Waals surface area contributed by atoms with Crippen molar-refractivity contribution in [1.82, 2.24) is 4.90 Å². The molecule has 0 amide bonds. The van der Waals surface area contributed by atoms with E-state index in [4.69, 9.17) is 0 Å². The summed E-state index contributed by atoms with van der Waals surface area (Å²) in [6.07, 6.45) is 5.44. The fraction of sp³-hybridized carbons (Fsp3) is 0.625. The second-order valence-corrected chi connectivity index (χ2v) is 6.91. The minimum atomic E-state index is 0.630. The fourth-order valence-corrected chi connectivity index (χ4v) is 4.36. The van der Waals surface area contributed by atoms with Crippen LogP contribution in [0.15, 0.2) is 30.3 Å². The number of likely N-dealkylation sites (tertiary alicyclic amines) is 1. The Bertz CT molecular complexity index is 376. The topological polar surface area (TPSA) is 15.3 Å². The van der Waals surface area contributed by atoms with Crippen molar-refractivity contribution >= 4 is 17.4 Å². The Labute approximate surface area is 121 Å². The average molecular weight is 276 g/mol. The van der Waals surface area contributed by atoms with Gasteiger partial charge in [-0.2, -0.15) is 11.8 Å². The Morgan fingerprint density at radius 3 is 2.63 bits per heavy atom. The summed E-state index contributed by atoms with van der Waals surface area (Å²) < 4.78 is 0. The van der Waals surface area contributed by atoms with E-state index >= 15 is 0 Å². The van der Waals surface area contributed by atoms with E-state index in [1.165, 1.54) is 56.0 Å². The number of hydrogen-bond donors (Lipinski definition) is 1. The molecule has 3 heteroatoms. The van der Waals surface area contributed by atoms with E-state index in [-0.39, 0.29) is 0 Å². The van der Waals surface area contributed by atoms with E-state index in [1.807, 2.05) is 0 Å². The van der Waals surface area contributed by atoms with Crippen LogP contribution in [0, 0.1) is 0 Å². The van der Waals surface area contributed by atoms with Crippen LogP contribution >= 0.6 is 11.8 Å². The number of piperidine rings is 1. The number of hydrogen-bond acceptors (Lipinski definition) is 3. The molecule has 0 bridgehead atoms. The van der Waals surface area contributed by atoms with Gasteiger partial charge in [-0.15, -0.1) is 0 Å². The maximum Gasteiger partial charge on any atom is 0.0389 e. The van der Waals surface area contributed by atoms with Gasteiger partial charge in [0.1, 0.15) is 0 Å². The second kappa shape index (κ2) is 6.67. The molecule has 0 unspecified atom stereocenters. The fourth-order valence-electron chi connectivity index (χ4n) is 3.28. The monoisotopic (exact) mass is 276 g/mol. The van der Waals surface area contributed by atoms with Gasteiger partial charge in [-0.25, -0.2) is 0 Å². The Morgan fingerprint density at radius 1 is 1.05 bits per heavy atom. The van der Waals surface area contributed by atoms with Crippen molar-refractivity contribution in [2.24, 2.45) is 0 Å². The van der Waals surface area contributed by atoms with Gasteiger partial charge in [0, 0.05) is 24.3 Å². The first kappa shape index (κ1) is 13.3. The summed E-state index contributed by atoms with van der Waals surface area (Å²) in [5.41, 5.74) is 1.27. The van der Waals surface area contributed by atoms with Crippen molar-refractivity contribution in [2.45, 2.75) is 37.8 Å². The molecule has 0 aliphatic carbocycles. The maximum atomic E-state index is 3.70. The van der Waals surface area contributed by atoms with Crippen LogP contribution in [-0.2, 0) is 0 Å². The number of nitrogens with one attached hydrogen (secondary N) is 1. The van der Waals surface area contributed by atoms with Crippen LogP contribution in [0.3, 0.4) is 0 Å². The third-order valence-electron chi connectivity index (χ3n) is 4.30. The molecule has 3 rings (SSSR count). The van der Waals surface area contributed by atoms with Gasteiger partial charge in [-0.3, -0.25) is 4.90 Å². The quantitative estimate of drug-likeness (QED) is 0.910. The van der Waals surface area contributed by atoms with Gasteiger partial charge in [0.25, 0.3) is 0 Å². The third-order valence-corrected chi connectivity index (χ3v) is 5.35. The Morgan fingerprint density at radius 2 is 1.84 bits per heavy atom. The van der Waals surface area contributed by atoms with Crippen LogP contribution in [0.5, 0.6) is 0 Å². The van der Waals surface area contributed by atoms with E-state index < -0.39 is 0 Å². The summed E-state index contributed by atoms with van der Waals surface area (Å²) in [5.74, 6) is 2.72. The minimum absolute atomic E-state index is 0.630. The maximum absolute atomic E-state index is 3.70. The van der Waals surface area contributed by atoms with E-state index in [2.05, 4.69) is 52.3 Å². The largest absolute Gasteiger partial charge is 0.381 e. The molecule has 0 radical (unpaired) electrons. The highest BCUT2D eigenvalue weighted by atomic mass is 32.2. The molecule has 2 aliphatic rings. The van der Waals surface area contributed by atoms with E-state index in [0.29, 0.717) is 6.04 Å². The number of para-hydroxylation sites is 1. The van der Waals surface area contributed by atoms with Crippen LogP contribution in [0.4, 0.5) is 5.69 Å². The highest BCUT2D eigenvalue weighted by Gasteiger charge is 2.26. The molecule has 0 aromatic heterocycles. The molecule has 104 valence electrons. The first-order valence-electron chi connectivity index (χ1n) is 7.55. The van der Waals surface area contributed by atoms with Gasteiger partial charge in [0.2, 0.25) is 0 Å². The molecule has 2 heterocycles. The normalized spacial score (nSPS) is 26.2. The highest BCUT2D eigenvalue weighted by Crippen LogP contribution is 2.25. The van der Waals surface area contributed by atoms with Crippen LogP contribution in [0.1, 0.15) is 25.7 Å². The lowest BCUT2D eigenvalue weighted by molar-refractivity contribution is 0.146. The van der Waals surface area contributed by atoms with Crippen LogP contribution in [0.2, 0.25) is 0 Å². The average Bonchev–Trinajstić information content (AvgIpc) is 2.49. The summed E-state index contributed by atoms with van der Waals surface area (Å²) >= 11 is 2.12. The summed E-state index contributed by atoms with van der Waals surface area (Å²) in [5, 5.41) is 3.70. The van der Waals surface area contributed by atoms with Crippen molar-refractivity contribution in [3.05, 3.63) is 30.3 Å². The molecule has 0 spiro atoms. The molecule has 1 atom stereocenters. The Hall–Kier alpha value is -0.670. The zero-order chi connectivity index (χ0) is 12.9. The number of thioether (sulfide) groups is 1. The first-order chi connectivity index (χ1) is 9.42. The van der Waals surface area contributed by atoms with Gasteiger partial charge in [-0.05, 0) is 55.9 Å². The first-order valence-corrected chi connectivity index (χ1v) is 8.71. The molecule has 1 N–H and O–H groups in total. The molecule has 19 heavy (non-hydrogen) atoms. The number of benzene rings is 1.